The molecule has 1 aromatic carbocycles. The number of aromatic nitrogens is 3. The Labute approximate surface area is 164 Å². The molecule has 3 aromatic rings. The molecule has 1 amide bonds. The SMILES string of the molecule is CCN(C(=O)Cn1c(=O)n(CC)c(=O)c2ccccc21)c1ccc(Br)cn1. The van der Waals surface area contributed by atoms with Crippen molar-refractivity contribution in [3.63, 3.8) is 0 Å². The molecule has 8 heteroatoms. The third-order valence-corrected chi connectivity index (χ3v) is 4.82. The van der Waals surface area contributed by atoms with E-state index in [1.54, 1.807) is 49.5 Å². The van der Waals surface area contributed by atoms with Crippen molar-refractivity contribution in [2.45, 2.75) is 26.9 Å². The van der Waals surface area contributed by atoms with Crippen molar-refractivity contribution in [2.24, 2.45) is 0 Å². The standard InChI is InChI=1S/C19H19BrN4O3/c1-3-22(16-10-9-13(20)11-21-16)17(25)12-24-15-8-6-5-7-14(15)18(26)23(4-2)19(24)27/h5-11H,3-4,12H2,1-2H3. The molecule has 0 saturated heterocycles. The number of fused-ring (bicyclic) bond motifs is 1. The van der Waals surface area contributed by atoms with Crippen LogP contribution >= 0.6 is 15.9 Å². The van der Waals surface area contributed by atoms with Crippen LogP contribution in [0, 0.1) is 0 Å². The zero-order chi connectivity index (χ0) is 19.6. The number of hydrogen-bond acceptors (Lipinski definition) is 4. The number of carbonyl (C=O) groups is 1. The molecule has 0 fully saturated rings. The maximum Gasteiger partial charge on any atom is 0.331 e. The summed E-state index contributed by atoms with van der Waals surface area (Å²) in [7, 11) is 0. The van der Waals surface area contributed by atoms with Gasteiger partial charge in [0.15, 0.2) is 0 Å². The van der Waals surface area contributed by atoms with Crippen molar-refractivity contribution in [1.29, 1.82) is 0 Å². The van der Waals surface area contributed by atoms with E-state index in [9.17, 15) is 14.4 Å². The molecular weight excluding hydrogens is 412 g/mol. The van der Waals surface area contributed by atoms with E-state index in [-0.39, 0.29) is 24.6 Å². The van der Waals surface area contributed by atoms with E-state index in [0.717, 1.165) is 9.04 Å². The first-order valence-corrected chi connectivity index (χ1v) is 9.41. The predicted octanol–water partition coefficient (Wildman–Crippen LogP) is 2.39. The molecule has 27 heavy (non-hydrogen) atoms. The molecule has 2 heterocycles. The van der Waals surface area contributed by atoms with Gasteiger partial charge in [-0.25, -0.2) is 9.78 Å². The molecule has 0 atom stereocenters. The van der Waals surface area contributed by atoms with Crippen molar-refractivity contribution >= 4 is 38.6 Å². The van der Waals surface area contributed by atoms with Gasteiger partial charge in [-0.15, -0.1) is 0 Å². The molecule has 3 rings (SSSR count). The van der Waals surface area contributed by atoms with Gasteiger partial charge in [0.2, 0.25) is 5.91 Å². The van der Waals surface area contributed by atoms with Crippen LogP contribution in [0.4, 0.5) is 5.82 Å². The number of pyridine rings is 1. The summed E-state index contributed by atoms with van der Waals surface area (Å²) in [5.74, 6) is 0.229. The van der Waals surface area contributed by atoms with E-state index in [0.29, 0.717) is 23.3 Å². The topological polar surface area (TPSA) is 77.2 Å². The summed E-state index contributed by atoms with van der Waals surface area (Å²) >= 11 is 3.32. The van der Waals surface area contributed by atoms with Gasteiger partial charge >= 0.3 is 5.69 Å². The average Bonchev–Trinajstić information content (AvgIpc) is 2.67. The first kappa shape index (κ1) is 19.0. The van der Waals surface area contributed by atoms with Crippen LogP contribution in [0.1, 0.15) is 13.8 Å². The van der Waals surface area contributed by atoms with Gasteiger partial charge in [-0.2, -0.15) is 0 Å². The second kappa shape index (κ2) is 7.87. The fourth-order valence-electron chi connectivity index (χ4n) is 3.02. The number of halogens is 1. The second-order valence-electron chi connectivity index (χ2n) is 5.91. The van der Waals surface area contributed by atoms with Gasteiger partial charge in [0.1, 0.15) is 12.4 Å². The van der Waals surface area contributed by atoms with Gasteiger partial charge in [0, 0.05) is 23.8 Å². The first-order valence-electron chi connectivity index (χ1n) is 8.62. The van der Waals surface area contributed by atoms with Crippen LogP contribution in [0.2, 0.25) is 0 Å². The minimum atomic E-state index is -0.491. The number of likely N-dealkylation sites (N-methyl/N-ethyl adjacent to an activating group) is 1. The predicted molar refractivity (Wildman–Crippen MR) is 108 cm³/mol. The number of para-hydroxylation sites is 1. The Morgan fingerprint density at radius 2 is 1.85 bits per heavy atom. The van der Waals surface area contributed by atoms with Crippen LogP contribution in [0.15, 0.2) is 56.7 Å². The Hall–Kier alpha value is -2.74. The van der Waals surface area contributed by atoms with E-state index in [1.165, 1.54) is 9.47 Å². The van der Waals surface area contributed by atoms with Crippen molar-refractivity contribution < 1.29 is 4.79 Å². The molecule has 0 saturated carbocycles. The second-order valence-corrected chi connectivity index (χ2v) is 6.82. The minimum Gasteiger partial charge on any atom is -0.296 e. The number of rotatable bonds is 5. The highest BCUT2D eigenvalue weighted by Crippen LogP contribution is 2.16. The van der Waals surface area contributed by atoms with E-state index in [2.05, 4.69) is 20.9 Å². The van der Waals surface area contributed by atoms with Gasteiger partial charge < -0.3 is 0 Å². The Morgan fingerprint density at radius 3 is 2.48 bits per heavy atom. The lowest BCUT2D eigenvalue weighted by molar-refractivity contribution is -0.119. The van der Waals surface area contributed by atoms with Gasteiger partial charge in [-0.05, 0) is 54.0 Å². The Morgan fingerprint density at radius 1 is 1.11 bits per heavy atom. The molecule has 0 bridgehead atoms. The number of anilines is 1. The first-order chi connectivity index (χ1) is 13.0. The van der Waals surface area contributed by atoms with E-state index < -0.39 is 5.69 Å². The van der Waals surface area contributed by atoms with Crippen LogP contribution in [-0.4, -0.2) is 26.6 Å². The van der Waals surface area contributed by atoms with E-state index >= 15 is 0 Å². The maximum atomic E-state index is 12.9. The zero-order valence-corrected chi connectivity index (χ0v) is 16.6. The van der Waals surface area contributed by atoms with Crippen LogP contribution in [-0.2, 0) is 17.9 Å². The largest absolute Gasteiger partial charge is 0.331 e. The average molecular weight is 431 g/mol. The third-order valence-electron chi connectivity index (χ3n) is 4.35. The fraction of sp³-hybridized carbons (Fsp3) is 0.263. The van der Waals surface area contributed by atoms with Crippen LogP contribution in [0.25, 0.3) is 10.9 Å². The lowest BCUT2D eigenvalue weighted by Crippen LogP contribution is -2.43. The van der Waals surface area contributed by atoms with Gasteiger partial charge in [0.25, 0.3) is 5.56 Å². The zero-order valence-electron chi connectivity index (χ0n) is 15.1. The number of amides is 1. The Balaban J connectivity index is 2.08. The Bertz CT molecular complexity index is 1100. The molecule has 0 unspecified atom stereocenters. The summed E-state index contributed by atoms with van der Waals surface area (Å²) in [4.78, 5) is 44.0. The molecule has 2 aromatic heterocycles. The van der Waals surface area contributed by atoms with Gasteiger partial charge in [-0.3, -0.25) is 23.6 Å². The molecule has 0 N–H and O–H groups in total. The third kappa shape index (κ3) is 3.57. The summed E-state index contributed by atoms with van der Waals surface area (Å²) < 4.78 is 3.31. The van der Waals surface area contributed by atoms with Crippen LogP contribution < -0.4 is 16.1 Å². The monoisotopic (exact) mass is 430 g/mol. The molecule has 0 aliphatic rings. The fourth-order valence-corrected chi connectivity index (χ4v) is 3.25. The van der Waals surface area contributed by atoms with Crippen molar-refractivity contribution in [1.82, 2.24) is 14.1 Å². The van der Waals surface area contributed by atoms with Gasteiger partial charge in [0.05, 0.1) is 10.9 Å². The normalized spacial score (nSPS) is 10.9. The lowest BCUT2D eigenvalue weighted by atomic mass is 10.2. The Kier molecular flexibility index (Phi) is 5.55. The molecule has 140 valence electrons. The number of carbonyl (C=O) groups excluding carboxylic acids is 1. The number of benzene rings is 1. The maximum absolute atomic E-state index is 12.9. The molecular formula is C19H19BrN4O3. The highest BCUT2D eigenvalue weighted by Gasteiger charge is 2.19. The molecule has 0 aliphatic carbocycles. The highest BCUT2D eigenvalue weighted by atomic mass is 79.9. The number of hydrogen-bond donors (Lipinski definition) is 0. The molecule has 0 aliphatic heterocycles. The quantitative estimate of drug-likeness (QED) is 0.622. The van der Waals surface area contributed by atoms with E-state index in [4.69, 9.17) is 0 Å². The molecule has 0 spiro atoms. The van der Waals surface area contributed by atoms with Crippen molar-refractivity contribution in [3.05, 3.63) is 67.9 Å². The minimum absolute atomic E-state index is 0.175. The van der Waals surface area contributed by atoms with Crippen LogP contribution in [0.5, 0.6) is 0 Å². The van der Waals surface area contributed by atoms with E-state index in [1.807, 2.05) is 6.92 Å². The summed E-state index contributed by atoms with van der Waals surface area (Å²) in [6.45, 7) is 4.05. The summed E-state index contributed by atoms with van der Waals surface area (Å²) in [5, 5.41) is 0.413. The smallest absolute Gasteiger partial charge is 0.296 e. The molecule has 0 radical (unpaired) electrons. The summed E-state index contributed by atoms with van der Waals surface area (Å²) in [6, 6.07) is 10.4. The highest BCUT2D eigenvalue weighted by molar-refractivity contribution is 9.10. The summed E-state index contributed by atoms with van der Waals surface area (Å²) in [6.07, 6.45) is 1.62. The van der Waals surface area contributed by atoms with Crippen LogP contribution in [0.3, 0.4) is 0 Å². The summed E-state index contributed by atoms with van der Waals surface area (Å²) in [5.41, 5.74) is -0.386. The van der Waals surface area contributed by atoms with Crippen molar-refractivity contribution in [3.8, 4) is 0 Å². The van der Waals surface area contributed by atoms with Gasteiger partial charge in [-0.1, -0.05) is 12.1 Å². The molecule has 7 nitrogen and oxygen atoms in total. The lowest BCUT2D eigenvalue weighted by Gasteiger charge is -2.21. The van der Waals surface area contributed by atoms with Crippen molar-refractivity contribution in [2.75, 3.05) is 11.4 Å². The number of nitrogens with zero attached hydrogens (tertiary/aromatic N) is 4.